The Kier molecular flexibility index (Phi) is 4.72. The van der Waals surface area contributed by atoms with Gasteiger partial charge in [-0.2, -0.15) is 5.10 Å². The normalized spacial score (nSPS) is 23.3. The van der Waals surface area contributed by atoms with Crippen molar-refractivity contribution in [2.75, 3.05) is 6.61 Å². The van der Waals surface area contributed by atoms with Crippen LogP contribution in [0, 0.1) is 5.92 Å². The molecule has 0 unspecified atom stereocenters. The Morgan fingerprint density at radius 1 is 1.50 bits per heavy atom. The molecule has 0 aliphatic heterocycles. The fraction of sp³-hybridized carbons (Fsp3) is 0.846. The van der Waals surface area contributed by atoms with E-state index in [1.807, 2.05) is 4.68 Å². The molecule has 5 nitrogen and oxygen atoms in total. The second-order valence-corrected chi connectivity index (χ2v) is 5.38. The Bertz CT molecular complexity index is 358. The van der Waals surface area contributed by atoms with E-state index in [-0.39, 0.29) is 0 Å². The van der Waals surface area contributed by atoms with Crippen molar-refractivity contribution in [3.05, 3.63) is 12.2 Å². The van der Waals surface area contributed by atoms with Gasteiger partial charge in [0.1, 0.15) is 12.2 Å². The van der Waals surface area contributed by atoms with Gasteiger partial charge in [0.05, 0.1) is 12.6 Å². The summed E-state index contributed by atoms with van der Waals surface area (Å²) in [5.74, 6) is 1.63. The molecule has 2 rings (SSSR count). The highest BCUT2D eigenvalue weighted by molar-refractivity contribution is 4.90. The first-order valence-corrected chi connectivity index (χ1v) is 6.90. The third-order valence-electron chi connectivity index (χ3n) is 3.28. The van der Waals surface area contributed by atoms with Gasteiger partial charge in [0, 0.05) is 19.2 Å². The summed E-state index contributed by atoms with van der Waals surface area (Å²) < 4.78 is 7.54. The van der Waals surface area contributed by atoms with Gasteiger partial charge in [-0.15, -0.1) is 0 Å². The van der Waals surface area contributed by atoms with E-state index in [0.29, 0.717) is 18.1 Å². The van der Waals surface area contributed by atoms with Gasteiger partial charge in [0.15, 0.2) is 0 Å². The molecule has 5 heteroatoms. The number of hydrogen-bond acceptors (Lipinski definition) is 4. The highest BCUT2D eigenvalue weighted by Crippen LogP contribution is 2.23. The van der Waals surface area contributed by atoms with E-state index in [1.54, 1.807) is 6.33 Å². The second-order valence-electron chi connectivity index (χ2n) is 5.38. The predicted molar refractivity (Wildman–Crippen MR) is 70.1 cm³/mol. The number of nitrogens with zero attached hydrogens (tertiary/aromatic N) is 3. The second kappa shape index (κ2) is 6.29. The van der Waals surface area contributed by atoms with E-state index in [1.165, 1.54) is 0 Å². The lowest BCUT2D eigenvalue weighted by Crippen LogP contribution is -2.45. The van der Waals surface area contributed by atoms with Crippen LogP contribution in [-0.4, -0.2) is 33.5 Å². The average Bonchev–Trinajstić information content (AvgIpc) is 2.68. The van der Waals surface area contributed by atoms with Crippen LogP contribution in [0.5, 0.6) is 0 Å². The van der Waals surface area contributed by atoms with E-state index < -0.39 is 0 Å². The van der Waals surface area contributed by atoms with E-state index in [2.05, 4.69) is 36.2 Å². The minimum atomic E-state index is 0.459. The maximum atomic E-state index is 5.55. The maximum absolute atomic E-state index is 5.55. The zero-order chi connectivity index (χ0) is 13.0. The molecule has 0 atom stereocenters. The first-order chi connectivity index (χ1) is 8.69. The summed E-state index contributed by atoms with van der Waals surface area (Å²) in [6, 6.07) is 0.575. The van der Waals surface area contributed by atoms with Gasteiger partial charge >= 0.3 is 0 Å². The van der Waals surface area contributed by atoms with Gasteiger partial charge in [-0.1, -0.05) is 13.8 Å². The fourth-order valence-electron chi connectivity index (χ4n) is 2.26. The Hall–Kier alpha value is -0.940. The van der Waals surface area contributed by atoms with Crippen LogP contribution in [0.15, 0.2) is 6.33 Å². The molecule has 1 aromatic heterocycles. The van der Waals surface area contributed by atoms with Crippen molar-refractivity contribution in [3.63, 3.8) is 0 Å². The highest BCUT2D eigenvalue weighted by atomic mass is 16.5. The number of ether oxygens (including phenoxy) is 1. The first kappa shape index (κ1) is 13.5. The smallest absolute Gasteiger partial charge is 0.140 e. The summed E-state index contributed by atoms with van der Waals surface area (Å²) >= 11 is 0. The Balaban J connectivity index is 1.73. The predicted octanol–water partition coefficient (Wildman–Crippen LogP) is 1.59. The maximum Gasteiger partial charge on any atom is 0.140 e. The molecule has 1 aliphatic carbocycles. The van der Waals surface area contributed by atoms with Crippen LogP contribution in [0.25, 0.3) is 0 Å². The topological polar surface area (TPSA) is 52.0 Å². The molecule has 0 saturated heterocycles. The number of rotatable bonds is 7. The Morgan fingerprint density at radius 2 is 2.28 bits per heavy atom. The minimum absolute atomic E-state index is 0.459. The monoisotopic (exact) mass is 252 g/mol. The minimum Gasteiger partial charge on any atom is -0.378 e. The van der Waals surface area contributed by atoms with E-state index in [9.17, 15) is 0 Å². The summed E-state index contributed by atoms with van der Waals surface area (Å²) in [7, 11) is 0. The van der Waals surface area contributed by atoms with Gasteiger partial charge in [0.25, 0.3) is 0 Å². The average molecular weight is 252 g/mol. The van der Waals surface area contributed by atoms with Crippen molar-refractivity contribution in [2.24, 2.45) is 5.92 Å². The molecule has 1 heterocycles. The summed E-state index contributed by atoms with van der Waals surface area (Å²) in [6.07, 6.45) is 4.34. The van der Waals surface area contributed by atoms with Gasteiger partial charge in [-0.3, -0.25) is 0 Å². The quantitative estimate of drug-likeness (QED) is 0.800. The molecule has 0 radical (unpaired) electrons. The van der Waals surface area contributed by atoms with Crippen molar-refractivity contribution in [1.82, 2.24) is 20.1 Å². The van der Waals surface area contributed by atoms with Gasteiger partial charge in [-0.05, 0) is 25.7 Å². The lowest BCUT2D eigenvalue weighted by molar-refractivity contribution is -0.0104. The van der Waals surface area contributed by atoms with Crippen LogP contribution in [0.4, 0.5) is 0 Å². The van der Waals surface area contributed by atoms with Gasteiger partial charge in [-0.25, -0.2) is 9.67 Å². The number of nitrogens with one attached hydrogen (secondary N) is 1. The SMILES string of the molecule is CCOC1CC(NCc2ncnn2CC(C)C)C1. The fourth-order valence-corrected chi connectivity index (χ4v) is 2.26. The summed E-state index contributed by atoms with van der Waals surface area (Å²) in [5.41, 5.74) is 0. The van der Waals surface area contributed by atoms with E-state index in [4.69, 9.17) is 4.74 Å². The van der Waals surface area contributed by atoms with Crippen LogP contribution in [0.3, 0.4) is 0 Å². The zero-order valence-electron chi connectivity index (χ0n) is 11.6. The molecule has 0 amide bonds. The standard InChI is InChI=1S/C13H24N4O/c1-4-18-12-5-11(6-12)14-7-13-15-9-16-17(13)8-10(2)3/h9-12,14H,4-8H2,1-3H3. The molecule has 1 saturated carbocycles. The van der Waals surface area contributed by atoms with Crippen LogP contribution >= 0.6 is 0 Å². The third kappa shape index (κ3) is 3.53. The molecule has 0 spiro atoms. The molecule has 1 aliphatic rings. The molecule has 0 aromatic carbocycles. The van der Waals surface area contributed by atoms with Crippen LogP contribution in [0.2, 0.25) is 0 Å². The lowest BCUT2D eigenvalue weighted by atomic mass is 9.89. The van der Waals surface area contributed by atoms with Crippen LogP contribution in [0.1, 0.15) is 39.4 Å². The van der Waals surface area contributed by atoms with Crippen molar-refractivity contribution in [1.29, 1.82) is 0 Å². The van der Waals surface area contributed by atoms with Gasteiger partial charge in [0.2, 0.25) is 0 Å². The molecule has 1 fully saturated rings. The lowest BCUT2D eigenvalue weighted by Gasteiger charge is -2.35. The van der Waals surface area contributed by atoms with E-state index in [0.717, 1.165) is 38.4 Å². The van der Waals surface area contributed by atoms with Gasteiger partial charge < -0.3 is 10.1 Å². The molecule has 0 bridgehead atoms. The highest BCUT2D eigenvalue weighted by Gasteiger charge is 2.29. The van der Waals surface area contributed by atoms with Crippen molar-refractivity contribution >= 4 is 0 Å². The van der Waals surface area contributed by atoms with E-state index >= 15 is 0 Å². The summed E-state index contributed by atoms with van der Waals surface area (Å²) in [4.78, 5) is 4.31. The molecular weight excluding hydrogens is 228 g/mol. The largest absolute Gasteiger partial charge is 0.378 e. The zero-order valence-corrected chi connectivity index (χ0v) is 11.6. The van der Waals surface area contributed by atoms with Crippen molar-refractivity contribution in [3.8, 4) is 0 Å². The molecule has 18 heavy (non-hydrogen) atoms. The summed E-state index contributed by atoms with van der Waals surface area (Å²) in [5, 5.41) is 7.78. The van der Waals surface area contributed by atoms with Crippen molar-refractivity contribution < 1.29 is 4.74 Å². The molecule has 102 valence electrons. The molecule has 1 N–H and O–H groups in total. The third-order valence-corrected chi connectivity index (χ3v) is 3.28. The molecular formula is C13H24N4O. The Morgan fingerprint density at radius 3 is 2.94 bits per heavy atom. The summed E-state index contributed by atoms with van der Waals surface area (Å²) in [6.45, 7) is 8.99. The number of hydrogen-bond donors (Lipinski definition) is 1. The van der Waals surface area contributed by atoms with Crippen molar-refractivity contribution in [2.45, 2.75) is 58.8 Å². The first-order valence-electron chi connectivity index (χ1n) is 6.90. The molecule has 1 aromatic rings. The number of aromatic nitrogens is 3. The van der Waals surface area contributed by atoms with Crippen LogP contribution < -0.4 is 5.32 Å². The Labute approximate surface area is 109 Å². The van der Waals surface area contributed by atoms with Crippen LogP contribution in [-0.2, 0) is 17.8 Å².